The Labute approximate surface area is 94.5 Å². The van der Waals surface area contributed by atoms with Crippen LogP contribution in [-0.4, -0.2) is 0 Å². The third kappa shape index (κ3) is 1.33. The highest BCUT2D eigenvalue weighted by molar-refractivity contribution is 5.60. The average Bonchev–Trinajstić information content (AvgIpc) is 2.38. The van der Waals surface area contributed by atoms with Gasteiger partial charge in [-0.1, -0.05) is 38.8 Å². The number of rotatable bonds is 0. The maximum absolute atomic E-state index is 2.42. The summed E-state index contributed by atoms with van der Waals surface area (Å²) in [6, 6.07) is 0. The first kappa shape index (κ1) is 11.0. The summed E-state index contributed by atoms with van der Waals surface area (Å²) in [4.78, 5) is 0. The van der Waals surface area contributed by atoms with Crippen molar-refractivity contribution in [3.05, 3.63) is 28.2 Å². The van der Waals surface area contributed by atoms with Gasteiger partial charge in [-0.25, -0.2) is 0 Å². The number of allylic oxidation sites excluding steroid dienone is 4. The van der Waals surface area contributed by atoms with Crippen molar-refractivity contribution in [2.75, 3.05) is 0 Å². The largest absolute Gasteiger partial charge is 0.0617 e. The summed E-state index contributed by atoms with van der Waals surface area (Å²) < 4.78 is 0. The van der Waals surface area contributed by atoms with Crippen LogP contribution in [0.4, 0.5) is 0 Å². The van der Waals surface area contributed by atoms with Gasteiger partial charge in [-0.15, -0.1) is 0 Å². The van der Waals surface area contributed by atoms with E-state index in [0.29, 0.717) is 5.41 Å². The van der Waals surface area contributed by atoms with Gasteiger partial charge in [0, 0.05) is 5.92 Å². The van der Waals surface area contributed by atoms with Gasteiger partial charge >= 0.3 is 0 Å². The summed E-state index contributed by atoms with van der Waals surface area (Å²) in [5.41, 5.74) is 6.78. The molecule has 2 rings (SSSR count). The van der Waals surface area contributed by atoms with Crippen molar-refractivity contribution in [1.29, 1.82) is 0 Å². The second-order valence-corrected chi connectivity index (χ2v) is 5.89. The van der Waals surface area contributed by atoms with Crippen molar-refractivity contribution in [3.8, 4) is 0 Å². The fraction of sp³-hybridized carbons (Fsp3) is 0.667. The molecular formula is C15H23. The van der Waals surface area contributed by atoms with Crippen LogP contribution in [-0.2, 0) is 0 Å². The average molecular weight is 203 g/mol. The van der Waals surface area contributed by atoms with E-state index in [2.05, 4.69) is 41.5 Å². The predicted octanol–water partition coefficient (Wildman–Crippen LogP) is 4.68. The Bertz CT molecular complexity index is 352. The molecule has 0 heterocycles. The maximum Gasteiger partial charge on any atom is 0.0230 e. The Morgan fingerprint density at radius 3 is 2.27 bits per heavy atom. The zero-order valence-corrected chi connectivity index (χ0v) is 11.0. The van der Waals surface area contributed by atoms with E-state index in [4.69, 9.17) is 0 Å². The van der Waals surface area contributed by atoms with E-state index in [-0.39, 0.29) is 0 Å². The van der Waals surface area contributed by atoms with Gasteiger partial charge in [0.15, 0.2) is 0 Å². The molecule has 0 aliphatic heterocycles. The molecule has 1 atom stereocenters. The maximum atomic E-state index is 2.42. The molecule has 0 nitrogen and oxygen atoms in total. The summed E-state index contributed by atoms with van der Waals surface area (Å²) >= 11 is 0. The van der Waals surface area contributed by atoms with Crippen LogP contribution in [0.5, 0.6) is 0 Å². The van der Waals surface area contributed by atoms with Gasteiger partial charge in [0.1, 0.15) is 0 Å². The number of hydrogen-bond acceptors (Lipinski definition) is 0. The minimum atomic E-state index is 0.372. The first-order valence-corrected chi connectivity index (χ1v) is 6.13. The molecule has 0 saturated carbocycles. The Balaban J connectivity index is 2.55. The molecule has 0 aromatic carbocycles. The molecule has 83 valence electrons. The fourth-order valence-electron chi connectivity index (χ4n) is 3.26. The van der Waals surface area contributed by atoms with Crippen molar-refractivity contribution in [3.63, 3.8) is 0 Å². The standard InChI is InChI=1S/C15H23/c1-9-7-8-13-11(3)10(2)12(4)14(13)15(9,5)6/h9H,7-8H2,1-6H3. The summed E-state index contributed by atoms with van der Waals surface area (Å²) in [6.07, 6.45) is 2.64. The first-order chi connectivity index (χ1) is 6.87. The van der Waals surface area contributed by atoms with Gasteiger partial charge in [0.2, 0.25) is 0 Å². The predicted molar refractivity (Wildman–Crippen MR) is 66.5 cm³/mol. The van der Waals surface area contributed by atoms with Crippen molar-refractivity contribution in [2.24, 2.45) is 11.3 Å². The van der Waals surface area contributed by atoms with Gasteiger partial charge in [-0.05, 0) is 49.2 Å². The molecule has 0 aromatic rings. The Morgan fingerprint density at radius 2 is 1.67 bits per heavy atom. The highest BCUT2D eigenvalue weighted by atomic mass is 14.5. The summed E-state index contributed by atoms with van der Waals surface area (Å²) in [6.45, 7) is 14.1. The van der Waals surface area contributed by atoms with Crippen LogP contribution in [0.3, 0.4) is 0 Å². The molecule has 0 aromatic heterocycles. The Kier molecular flexibility index (Phi) is 2.37. The molecule has 0 bridgehead atoms. The van der Waals surface area contributed by atoms with E-state index in [0.717, 1.165) is 5.92 Å². The van der Waals surface area contributed by atoms with Crippen LogP contribution in [0.1, 0.15) is 54.4 Å². The molecule has 0 spiro atoms. The molecule has 2 aliphatic rings. The Morgan fingerprint density at radius 1 is 1.07 bits per heavy atom. The monoisotopic (exact) mass is 203 g/mol. The van der Waals surface area contributed by atoms with E-state index < -0.39 is 0 Å². The van der Waals surface area contributed by atoms with Gasteiger partial charge in [-0.3, -0.25) is 0 Å². The molecule has 0 amide bonds. The zero-order chi connectivity index (χ0) is 11.4. The van der Waals surface area contributed by atoms with Crippen molar-refractivity contribution in [1.82, 2.24) is 0 Å². The fourth-order valence-corrected chi connectivity index (χ4v) is 3.26. The minimum Gasteiger partial charge on any atom is -0.0617 e. The Hall–Kier alpha value is -0.520. The van der Waals surface area contributed by atoms with Gasteiger partial charge in [0.25, 0.3) is 0 Å². The second-order valence-electron chi connectivity index (χ2n) is 5.89. The summed E-state index contributed by atoms with van der Waals surface area (Å²) in [7, 11) is 0. The third-order valence-corrected chi connectivity index (χ3v) is 4.96. The topological polar surface area (TPSA) is 0 Å². The van der Waals surface area contributed by atoms with Crippen LogP contribution in [0.25, 0.3) is 0 Å². The highest BCUT2D eigenvalue weighted by Crippen LogP contribution is 2.54. The van der Waals surface area contributed by atoms with E-state index in [1.165, 1.54) is 18.4 Å². The van der Waals surface area contributed by atoms with Crippen LogP contribution >= 0.6 is 0 Å². The lowest BCUT2D eigenvalue weighted by Gasteiger charge is -2.40. The van der Waals surface area contributed by atoms with E-state index >= 15 is 0 Å². The lowest BCUT2D eigenvalue weighted by molar-refractivity contribution is 0.255. The molecule has 1 radical (unpaired) electrons. The van der Waals surface area contributed by atoms with Crippen LogP contribution in [0, 0.1) is 17.3 Å². The molecule has 0 saturated heterocycles. The van der Waals surface area contributed by atoms with E-state index in [1.807, 2.05) is 0 Å². The molecule has 1 unspecified atom stereocenters. The SMILES string of the molecule is C[C]1C(C)=C(C)C2=C1CCC(C)C2(C)C. The third-order valence-electron chi connectivity index (χ3n) is 4.96. The second kappa shape index (κ2) is 3.23. The zero-order valence-electron chi connectivity index (χ0n) is 11.0. The summed E-state index contributed by atoms with van der Waals surface area (Å²) in [5, 5.41) is 0. The van der Waals surface area contributed by atoms with E-state index in [9.17, 15) is 0 Å². The van der Waals surface area contributed by atoms with Crippen molar-refractivity contribution >= 4 is 0 Å². The lowest BCUT2D eigenvalue weighted by Crippen LogP contribution is -2.29. The normalized spacial score (nSPS) is 31.2. The first-order valence-electron chi connectivity index (χ1n) is 6.13. The van der Waals surface area contributed by atoms with E-state index in [1.54, 1.807) is 22.6 Å². The van der Waals surface area contributed by atoms with Gasteiger partial charge in [0.05, 0.1) is 0 Å². The van der Waals surface area contributed by atoms with Crippen molar-refractivity contribution < 1.29 is 0 Å². The van der Waals surface area contributed by atoms with Crippen LogP contribution < -0.4 is 0 Å². The highest BCUT2D eigenvalue weighted by Gasteiger charge is 2.41. The van der Waals surface area contributed by atoms with Crippen LogP contribution in [0.2, 0.25) is 0 Å². The quantitative estimate of drug-likeness (QED) is 0.536. The number of hydrogen-bond donors (Lipinski definition) is 0. The molecule has 0 N–H and O–H groups in total. The summed E-state index contributed by atoms with van der Waals surface area (Å²) in [5.74, 6) is 2.37. The minimum absolute atomic E-state index is 0.372. The smallest absolute Gasteiger partial charge is 0.0230 e. The molecule has 0 fully saturated rings. The van der Waals surface area contributed by atoms with Gasteiger partial charge < -0.3 is 0 Å². The molecular weight excluding hydrogens is 180 g/mol. The van der Waals surface area contributed by atoms with Crippen LogP contribution in [0.15, 0.2) is 22.3 Å². The molecule has 2 aliphatic carbocycles. The molecule has 15 heavy (non-hydrogen) atoms. The molecule has 0 heteroatoms. The van der Waals surface area contributed by atoms with Gasteiger partial charge in [-0.2, -0.15) is 0 Å². The van der Waals surface area contributed by atoms with Crippen molar-refractivity contribution in [2.45, 2.75) is 54.4 Å². The lowest BCUT2D eigenvalue weighted by atomic mass is 9.65.